The normalized spacial score (nSPS) is 11.0. The van der Waals surface area contributed by atoms with Gasteiger partial charge in [0.05, 0.1) is 17.1 Å². The molecule has 6 heteroatoms. The molecule has 3 aromatic rings. The maximum absolute atomic E-state index is 5.78. The number of hydrogen-bond acceptors (Lipinski definition) is 5. The van der Waals surface area contributed by atoms with Crippen LogP contribution in [0.1, 0.15) is 22.6 Å². The molecule has 0 aliphatic rings. The molecular weight excluding hydrogens is 282 g/mol. The van der Waals surface area contributed by atoms with Gasteiger partial charge in [0.1, 0.15) is 0 Å². The maximum Gasteiger partial charge on any atom is 0.212 e. The molecule has 108 valence electrons. The van der Waals surface area contributed by atoms with Crippen LogP contribution in [-0.4, -0.2) is 20.0 Å². The highest BCUT2D eigenvalue weighted by Crippen LogP contribution is 2.18. The Hall–Kier alpha value is -2.05. The first-order chi connectivity index (χ1) is 10.3. The number of hydrogen-bond donors (Lipinski definition) is 1. The molecule has 0 atom stereocenters. The molecule has 0 saturated heterocycles. The Bertz CT molecular complexity index is 717. The lowest BCUT2D eigenvalue weighted by Gasteiger charge is -2.05. The molecule has 0 unspecified atom stereocenters. The van der Waals surface area contributed by atoms with E-state index in [-0.39, 0.29) is 0 Å². The second kappa shape index (κ2) is 6.15. The zero-order valence-corrected chi connectivity index (χ0v) is 12.7. The summed E-state index contributed by atoms with van der Waals surface area (Å²) in [5, 5.41) is 11.3. The Morgan fingerprint density at radius 2 is 2.00 bits per heavy atom. The summed E-state index contributed by atoms with van der Waals surface area (Å²) >= 11 is 1.57. The minimum absolute atomic E-state index is 0.397. The van der Waals surface area contributed by atoms with Crippen LogP contribution in [0.2, 0.25) is 0 Å². The van der Waals surface area contributed by atoms with Crippen molar-refractivity contribution in [2.75, 3.05) is 0 Å². The predicted molar refractivity (Wildman–Crippen MR) is 83.5 cm³/mol. The van der Waals surface area contributed by atoms with Crippen molar-refractivity contribution in [3.05, 3.63) is 58.4 Å². The first kappa shape index (κ1) is 13.9. The fraction of sp³-hybridized carbons (Fsp3) is 0.267. The van der Waals surface area contributed by atoms with Crippen LogP contribution in [0.5, 0.6) is 0 Å². The standard InChI is InChI=1S/C15H17N5S/c1-11-10-21-15(17-11)20-14(13(9-16)18-19-20)8-7-12-5-3-2-4-6-12/h2-6,10H,7-9,16H2,1H3. The Kier molecular flexibility index (Phi) is 4.08. The van der Waals surface area contributed by atoms with E-state index in [0.717, 1.165) is 35.1 Å². The van der Waals surface area contributed by atoms with Crippen LogP contribution in [-0.2, 0) is 19.4 Å². The number of nitrogens with two attached hydrogens (primary N) is 1. The highest BCUT2D eigenvalue weighted by Gasteiger charge is 2.15. The van der Waals surface area contributed by atoms with Gasteiger partial charge in [-0.05, 0) is 25.3 Å². The fourth-order valence-corrected chi connectivity index (χ4v) is 3.01. The van der Waals surface area contributed by atoms with Gasteiger partial charge in [-0.15, -0.1) is 16.4 Å². The third-order valence-electron chi connectivity index (χ3n) is 3.32. The Labute approximate surface area is 127 Å². The average Bonchev–Trinajstić information content (AvgIpc) is 3.11. The van der Waals surface area contributed by atoms with Gasteiger partial charge in [-0.25, -0.2) is 4.98 Å². The number of aryl methyl sites for hydroxylation is 2. The van der Waals surface area contributed by atoms with Gasteiger partial charge >= 0.3 is 0 Å². The molecule has 2 heterocycles. The van der Waals surface area contributed by atoms with Crippen molar-refractivity contribution in [1.82, 2.24) is 20.0 Å². The van der Waals surface area contributed by atoms with Crippen molar-refractivity contribution >= 4 is 11.3 Å². The Morgan fingerprint density at radius 3 is 2.67 bits per heavy atom. The molecule has 1 aromatic carbocycles. The van der Waals surface area contributed by atoms with Crippen LogP contribution in [0.25, 0.3) is 5.13 Å². The molecule has 0 radical (unpaired) electrons. The minimum atomic E-state index is 0.397. The number of nitrogens with zero attached hydrogens (tertiary/aromatic N) is 4. The summed E-state index contributed by atoms with van der Waals surface area (Å²) in [6, 6.07) is 10.4. The zero-order valence-electron chi connectivity index (χ0n) is 11.9. The lowest BCUT2D eigenvalue weighted by atomic mass is 10.1. The van der Waals surface area contributed by atoms with Crippen LogP contribution in [0.15, 0.2) is 35.7 Å². The van der Waals surface area contributed by atoms with E-state index in [9.17, 15) is 0 Å². The van der Waals surface area contributed by atoms with Crippen molar-refractivity contribution in [2.45, 2.75) is 26.3 Å². The van der Waals surface area contributed by atoms with E-state index in [4.69, 9.17) is 5.73 Å². The van der Waals surface area contributed by atoms with Crippen LogP contribution in [0.3, 0.4) is 0 Å². The molecule has 21 heavy (non-hydrogen) atoms. The topological polar surface area (TPSA) is 69.6 Å². The van der Waals surface area contributed by atoms with E-state index >= 15 is 0 Å². The zero-order chi connectivity index (χ0) is 14.7. The van der Waals surface area contributed by atoms with Crippen molar-refractivity contribution in [3.8, 4) is 5.13 Å². The number of benzene rings is 1. The quantitative estimate of drug-likeness (QED) is 0.784. The Morgan fingerprint density at radius 1 is 1.19 bits per heavy atom. The smallest absolute Gasteiger partial charge is 0.212 e. The minimum Gasteiger partial charge on any atom is -0.325 e. The van der Waals surface area contributed by atoms with Crippen molar-refractivity contribution in [1.29, 1.82) is 0 Å². The first-order valence-corrected chi connectivity index (χ1v) is 7.76. The summed E-state index contributed by atoms with van der Waals surface area (Å²) in [5.41, 5.74) is 9.97. The van der Waals surface area contributed by atoms with Gasteiger partial charge < -0.3 is 5.73 Å². The molecular formula is C15H17N5S. The monoisotopic (exact) mass is 299 g/mol. The summed E-state index contributed by atoms with van der Waals surface area (Å²) in [5.74, 6) is 0. The largest absolute Gasteiger partial charge is 0.325 e. The molecule has 2 N–H and O–H groups in total. The van der Waals surface area contributed by atoms with Gasteiger partial charge in [-0.1, -0.05) is 35.5 Å². The third-order valence-corrected chi connectivity index (χ3v) is 4.25. The van der Waals surface area contributed by atoms with Gasteiger partial charge in [0.25, 0.3) is 0 Å². The lowest BCUT2D eigenvalue weighted by molar-refractivity contribution is 0.745. The maximum atomic E-state index is 5.78. The summed E-state index contributed by atoms with van der Waals surface area (Å²) < 4.78 is 1.82. The van der Waals surface area contributed by atoms with E-state index in [1.807, 2.05) is 23.1 Å². The van der Waals surface area contributed by atoms with E-state index in [1.165, 1.54) is 5.56 Å². The number of thiazole rings is 1. The molecule has 2 aromatic heterocycles. The predicted octanol–water partition coefficient (Wildman–Crippen LogP) is 2.28. The van der Waals surface area contributed by atoms with Crippen molar-refractivity contribution < 1.29 is 0 Å². The summed E-state index contributed by atoms with van der Waals surface area (Å²) in [7, 11) is 0. The van der Waals surface area contributed by atoms with Gasteiger partial charge in [-0.2, -0.15) is 4.68 Å². The van der Waals surface area contributed by atoms with Crippen molar-refractivity contribution in [3.63, 3.8) is 0 Å². The molecule has 0 bridgehead atoms. The van der Waals surface area contributed by atoms with Gasteiger partial charge in [0, 0.05) is 11.9 Å². The summed E-state index contributed by atoms with van der Waals surface area (Å²) in [4.78, 5) is 4.48. The molecule has 0 amide bonds. The number of aromatic nitrogens is 4. The van der Waals surface area contributed by atoms with E-state index < -0.39 is 0 Å². The average molecular weight is 299 g/mol. The van der Waals surface area contributed by atoms with E-state index in [1.54, 1.807) is 11.3 Å². The van der Waals surface area contributed by atoms with E-state index in [0.29, 0.717) is 6.54 Å². The third kappa shape index (κ3) is 3.01. The lowest BCUT2D eigenvalue weighted by Crippen LogP contribution is -2.07. The molecule has 5 nitrogen and oxygen atoms in total. The SMILES string of the molecule is Cc1csc(-n2nnc(CN)c2CCc2ccccc2)n1. The van der Waals surface area contributed by atoms with E-state index in [2.05, 4.69) is 39.6 Å². The van der Waals surface area contributed by atoms with Crippen LogP contribution in [0, 0.1) is 6.92 Å². The molecule has 0 saturated carbocycles. The molecule has 0 aliphatic heterocycles. The molecule has 3 rings (SSSR count). The molecule has 0 aliphatic carbocycles. The van der Waals surface area contributed by atoms with Crippen LogP contribution < -0.4 is 5.73 Å². The second-order valence-electron chi connectivity index (χ2n) is 4.86. The second-order valence-corrected chi connectivity index (χ2v) is 5.69. The van der Waals surface area contributed by atoms with Crippen LogP contribution in [0.4, 0.5) is 0 Å². The van der Waals surface area contributed by atoms with Crippen LogP contribution >= 0.6 is 11.3 Å². The summed E-state index contributed by atoms with van der Waals surface area (Å²) in [6.45, 7) is 2.37. The Balaban J connectivity index is 1.87. The summed E-state index contributed by atoms with van der Waals surface area (Å²) in [6.07, 6.45) is 1.79. The first-order valence-electron chi connectivity index (χ1n) is 6.88. The molecule has 0 spiro atoms. The molecule has 0 fully saturated rings. The highest BCUT2D eigenvalue weighted by atomic mass is 32.1. The van der Waals surface area contributed by atoms with Crippen molar-refractivity contribution in [2.24, 2.45) is 5.73 Å². The van der Waals surface area contributed by atoms with Gasteiger partial charge in [0.15, 0.2) is 0 Å². The van der Waals surface area contributed by atoms with Gasteiger partial charge in [-0.3, -0.25) is 0 Å². The highest BCUT2D eigenvalue weighted by molar-refractivity contribution is 7.12. The fourth-order valence-electron chi connectivity index (χ4n) is 2.24. The number of rotatable bonds is 5. The van der Waals surface area contributed by atoms with Gasteiger partial charge in [0.2, 0.25) is 5.13 Å².